The van der Waals surface area contributed by atoms with Crippen molar-refractivity contribution in [1.82, 2.24) is 0 Å². The van der Waals surface area contributed by atoms with Crippen LogP contribution in [0.15, 0.2) is 34.2 Å². The molecule has 3 heterocycles. The van der Waals surface area contributed by atoms with Crippen LogP contribution in [0.1, 0.15) is 78.7 Å². The summed E-state index contributed by atoms with van der Waals surface area (Å²) < 4.78 is 30.6. The van der Waals surface area contributed by atoms with Crippen molar-refractivity contribution in [3.05, 3.63) is 35.3 Å². The highest BCUT2D eigenvalue weighted by Crippen LogP contribution is 2.73. The molecule has 4 fully saturated rings. The summed E-state index contributed by atoms with van der Waals surface area (Å²) in [5.74, 6) is -0.678. The van der Waals surface area contributed by atoms with Gasteiger partial charge in [-0.2, -0.15) is 0 Å². The Hall–Kier alpha value is -2.16. The third kappa shape index (κ3) is 3.67. The third-order valence-electron chi connectivity index (χ3n) is 11.6. The van der Waals surface area contributed by atoms with Crippen LogP contribution in [0.5, 0.6) is 0 Å². The molecule has 8 nitrogen and oxygen atoms in total. The molecule has 1 aromatic heterocycles. The van der Waals surface area contributed by atoms with Crippen LogP contribution in [-0.4, -0.2) is 61.3 Å². The van der Waals surface area contributed by atoms with Crippen molar-refractivity contribution < 1.29 is 38.1 Å². The number of methoxy groups -OCH3 is 1. The minimum Gasteiger partial charge on any atom is -0.472 e. The number of esters is 2. The van der Waals surface area contributed by atoms with Crippen molar-refractivity contribution in [1.29, 1.82) is 0 Å². The monoisotopic (exact) mass is 556 g/mol. The van der Waals surface area contributed by atoms with E-state index in [1.165, 1.54) is 18.3 Å². The number of furan rings is 1. The summed E-state index contributed by atoms with van der Waals surface area (Å²) >= 11 is 0. The van der Waals surface area contributed by atoms with E-state index in [4.69, 9.17) is 23.4 Å². The number of ether oxygens (including phenoxy) is 4. The molecule has 220 valence electrons. The predicted octanol–water partition coefficient (Wildman–Crippen LogP) is 4.80. The Labute approximate surface area is 236 Å². The summed E-state index contributed by atoms with van der Waals surface area (Å²) in [4.78, 5) is 26.3. The first-order chi connectivity index (χ1) is 18.9. The first-order valence-corrected chi connectivity index (χ1v) is 14.8. The molecule has 0 spiro atoms. The van der Waals surface area contributed by atoms with Gasteiger partial charge in [-0.1, -0.05) is 40.2 Å². The molecular formula is C32H44O8. The van der Waals surface area contributed by atoms with Crippen LogP contribution in [0.25, 0.3) is 0 Å². The molecule has 0 aromatic carbocycles. The second-order valence-corrected chi connectivity index (χ2v) is 14.1. The normalized spacial score (nSPS) is 45.3. The molecule has 0 bridgehead atoms. The van der Waals surface area contributed by atoms with E-state index in [1.54, 1.807) is 12.5 Å². The zero-order valence-corrected chi connectivity index (χ0v) is 24.8. The largest absolute Gasteiger partial charge is 0.472 e. The highest BCUT2D eigenvalue weighted by atomic mass is 16.6. The van der Waals surface area contributed by atoms with E-state index in [0.717, 1.165) is 12.0 Å². The van der Waals surface area contributed by atoms with Gasteiger partial charge >= 0.3 is 11.9 Å². The number of allylic oxidation sites excluding steroid dienone is 1. The first kappa shape index (κ1) is 28.0. The van der Waals surface area contributed by atoms with E-state index in [2.05, 4.69) is 27.7 Å². The number of aliphatic hydroxyl groups excluding tert-OH is 1. The summed E-state index contributed by atoms with van der Waals surface area (Å²) in [6, 6.07) is 2.01. The highest BCUT2D eigenvalue weighted by molar-refractivity contribution is 5.71. The van der Waals surface area contributed by atoms with E-state index in [0.29, 0.717) is 19.4 Å². The van der Waals surface area contributed by atoms with Crippen molar-refractivity contribution in [2.24, 2.45) is 34.0 Å². The van der Waals surface area contributed by atoms with Crippen LogP contribution in [-0.2, 0) is 28.5 Å². The van der Waals surface area contributed by atoms with E-state index in [-0.39, 0.29) is 60.3 Å². The first-order valence-electron chi connectivity index (χ1n) is 14.8. The molecule has 0 radical (unpaired) electrons. The molecule has 2 aliphatic heterocycles. The van der Waals surface area contributed by atoms with E-state index >= 15 is 0 Å². The summed E-state index contributed by atoms with van der Waals surface area (Å²) in [5, 5.41) is 11.5. The summed E-state index contributed by atoms with van der Waals surface area (Å²) in [6.45, 7) is 13.0. The van der Waals surface area contributed by atoms with Gasteiger partial charge in [0.05, 0.1) is 50.7 Å². The zero-order chi connectivity index (χ0) is 28.8. The molecule has 5 aliphatic rings. The second-order valence-electron chi connectivity index (χ2n) is 14.1. The molecular weight excluding hydrogens is 512 g/mol. The molecule has 40 heavy (non-hydrogen) atoms. The minimum absolute atomic E-state index is 0.110. The predicted molar refractivity (Wildman–Crippen MR) is 145 cm³/mol. The molecule has 2 saturated heterocycles. The van der Waals surface area contributed by atoms with Gasteiger partial charge in [0.25, 0.3) is 0 Å². The Kier molecular flexibility index (Phi) is 6.60. The van der Waals surface area contributed by atoms with Gasteiger partial charge in [-0.3, -0.25) is 9.59 Å². The summed E-state index contributed by atoms with van der Waals surface area (Å²) in [5.41, 5.74) is 1.82. The molecule has 11 atom stereocenters. The smallest absolute Gasteiger partial charge is 0.306 e. The van der Waals surface area contributed by atoms with Gasteiger partial charge in [0.15, 0.2) is 0 Å². The average molecular weight is 557 g/mol. The molecule has 1 unspecified atom stereocenters. The van der Waals surface area contributed by atoms with Crippen LogP contribution in [0.3, 0.4) is 0 Å². The van der Waals surface area contributed by atoms with Crippen molar-refractivity contribution >= 4 is 11.9 Å². The molecule has 8 heteroatoms. The molecule has 1 N–H and O–H groups in total. The maximum Gasteiger partial charge on any atom is 0.306 e. The van der Waals surface area contributed by atoms with E-state index < -0.39 is 28.5 Å². The quantitative estimate of drug-likeness (QED) is 0.394. The molecule has 0 amide bonds. The van der Waals surface area contributed by atoms with Gasteiger partial charge in [0, 0.05) is 47.3 Å². The summed E-state index contributed by atoms with van der Waals surface area (Å²) in [6.07, 6.45) is 3.10. The number of carbonyl (C=O) groups excluding carboxylic acids is 2. The van der Waals surface area contributed by atoms with Crippen LogP contribution < -0.4 is 0 Å². The van der Waals surface area contributed by atoms with Crippen LogP contribution in [0.2, 0.25) is 0 Å². The highest BCUT2D eigenvalue weighted by Gasteiger charge is 2.78. The van der Waals surface area contributed by atoms with Crippen LogP contribution in [0, 0.1) is 34.0 Å². The number of carbonyl (C=O) groups is 2. The van der Waals surface area contributed by atoms with Crippen molar-refractivity contribution in [2.75, 3.05) is 13.7 Å². The molecule has 6 rings (SSSR count). The number of fused-ring (bicyclic) bond motifs is 4. The van der Waals surface area contributed by atoms with Gasteiger partial charge in [0.1, 0.15) is 6.10 Å². The minimum atomic E-state index is -0.706. The van der Waals surface area contributed by atoms with E-state index in [9.17, 15) is 14.7 Å². The van der Waals surface area contributed by atoms with Crippen LogP contribution in [0.4, 0.5) is 0 Å². The van der Waals surface area contributed by atoms with Crippen molar-refractivity contribution in [3.63, 3.8) is 0 Å². The fourth-order valence-corrected chi connectivity index (χ4v) is 9.86. The Balaban J connectivity index is 1.52. The standard InChI is InChI=1S/C32H44O8/c1-16(2)10-25(35)40-23-13-22(33)30(4)15-38-27-28(30)31(23,5)21(12-24(34)36-7)32(6)26-17(3)19(18-8-9-37-14-18)11-20(26)39-29(27)32/h8-9,14,16,19-23,27-29,33H,10-13,15H2,1-7H3/t19-,20-,21-,22-,23+,27?,28+,29-,30-,31+,32-/m1/s1. The maximum atomic E-state index is 13.2. The van der Waals surface area contributed by atoms with Gasteiger partial charge < -0.3 is 28.5 Å². The second kappa shape index (κ2) is 9.43. The lowest BCUT2D eigenvalue weighted by Crippen LogP contribution is -2.70. The Morgan fingerprint density at radius 1 is 1.18 bits per heavy atom. The van der Waals surface area contributed by atoms with E-state index in [1.807, 2.05) is 19.9 Å². The Morgan fingerprint density at radius 3 is 2.58 bits per heavy atom. The fourth-order valence-electron chi connectivity index (χ4n) is 9.86. The lowest BCUT2D eigenvalue weighted by molar-refractivity contribution is -0.249. The molecule has 3 aliphatic carbocycles. The van der Waals surface area contributed by atoms with Crippen molar-refractivity contribution in [3.8, 4) is 0 Å². The number of rotatable bonds is 6. The summed E-state index contributed by atoms with van der Waals surface area (Å²) in [7, 11) is 1.42. The van der Waals surface area contributed by atoms with Gasteiger partial charge in [0.2, 0.25) is 0 Å². The van der Waals surface area contributed by atoms with Gasteiger partial charge in [-0.25, -0.2) is 0 Å². The number of hydrogen-bond acceptors (Lipinski definition) is 8. The number of hydrogen-bond donors (Lipinski definition) is 1. The molecule has 1 aromatic rings. The average Bonchev–Trinajstić information content (AvgIpc) is 3.65. The third-order valence-corrected chi connectivity index (χ3v) is 11.6. The fraction of sp³-hybridized carbons (Fsp3) is 0.750. The Morgan fingerprint density at radius 2 is 1.93 bits per heavy atom. The van der Waals surface area contributed by atoms with Gasteiger partial charge in [-0.05, 0) is 42.4 Å². The number of aliphatic hydroxyl groups is 1. The van der Waals surface area contributed by atoms with Crippen molar-refractivity contribution in [2.45, 2.75) is 104 Å². The van der Waals surface area contributed by atoms with Crippen LogP contribution >= 0.6 is 0 Å². The molecule has 2 saturated carbocycles. The zero-order valence-electron chi connectivity index (χ0n) is 24.8. The van der Waals surface area contributed by atoms with Gasteiger partial charge in [-0.15, -0.1) is 0 Å². The maximum absolute atomic E-state index is 13.2. The lowest BCUT2D eigenvalue weighted by atomic mass is 9.40. The Bertz CT molecular complexity index is 1200. The topological polar surface area (TPSA) is 104 Å². The SMILES string of the molecule is COC(=O)C[C@H]1[C@]2(C)C3=C(C)[C@H](c4ccoc4)C[C@H]3O[C@@H]2C2OC[C@]3(C)[C@H](O)C[C@H](OC(=O)CC(C)C)[C@@]1(C)[C@@H]23. The lowest BCUT2D eigenvalue weighted by Gasteiger charge is -2.65.